The van der Waals surface area contributed by atoms with Gasteiger partial charge in [-0.05, 0) is 31.0 Å². The number of carbonyl (C=O) groups excluding carboxylic acids is 2. The number of amides is 2. The number of aryl methyl sites for hydroxylation is 1. The third kappa shape index (κ3) is 6.00. The van der Waals surface area contributed by atoms with E-state index in [9.17, 15) is 18.0 Å². The van der Waals surface area contributed by atoms with Gasteiger partial charge in [0.25, 0.3) is 15.9 Å². The van der Waals surface area contributed by atoms with Gasteiger partial charge in [0.2, 0.25) is 5.91 Å². The lowest BCUT2D eigenvalue weighted by Gasteiger charge is -2.35. The summed E-state index contributed by atoms with van der Waals surface area (Å²) in [7, 11) is 0.964. The van der Waals surface area contributed by atoms with Crippen LogP contribution in [0.4, 0.5) is 5.69 Å². The summed E-state index contributed by atoms with van der Waals surface area (Å²) in [6.45, 7) is 5.40. The Kier molecular flexibility index (Phi) is 8.18. The Morgan fingerprint density at radius 2 is 1.94 bits per heavy atom. The zero-order valence-electron chi connectivity index (χ0n) is 20.9. The molecule has 0 saturated heterocycles. The topological polar surface area (TPSA) is 123 Å². The van der Waals surface area contributed by atoms with E-state index in [-0.39, 0.29) is 48.0 Å². The molecule has 1 aliphatic heterocycles. The molecule has 2 amide bonds. The van der Waals surface area contributed by atoms with Gasteiger partial charge in [-0.15, -0.1) is 0 Å². The second kappa shape index (κ2) is 10.8. The average Bonchev–Trinajstić information content (AvgIpc) is 3.25. The summed E-state index contributed by atoms with van der Waals surface area (Å²) in [5.74, 6) is -0.522. The molecule has 192 valence electrons. The molecular formula is C23H33N5O6S. The summed E-state index contributed by atoms with van der Waals surface area (Å²) in [6.07, 6.45) is 2.47. The zero-order chi connectivity index (χ0) is 25.9. The van der Waals surface area contributed by atoms with E-state index in [0.717, 1.165) is 0 Å². The fourth-order valence-corrected chi connectivity index (χ4v) is 5.69. The molecule has 3 atom stereocenters. The van der Waals surface area contributed by atoms with Crippen molar-refractivity contribution in [3.05, 3.63) is 36.3 Å². The summed E-state index contributed by atoms with van der Waals surface area (Å²) >= 11 is 0. The first-order chi connectivity index (χ1) is 16.4. The van der Waals surface area contributed by atoms with Gasteiger partial charge in [-0.3, -0.25) is 9.59 Å². The predicted octanol–water partition coefficient (Wildman–Crippen LogP) is 1.57. The first kappa shape index (κ1) is 26.6. The van der Waals surface area contributed by atoms with Gasteiger partial charge in [0, 0.05) is 53.1 Å². The van der Waals surface area contributed by atoms with E-state index in [0.29, 0.717) is 11.4 Å². The van der Waals surface area contributed by atoms with Gasteiger partial charge in [0.05, 0.1) is 24.0 Å². The number of ether oxygens (including phenoxy) is 2. The summed E-state index contributed by atoms with van der Waals surface area (Å²) in [6, 6.07) is 4.21. The van der Waals surface area contributed by atoms with Crippen LogP contribution in [0.2, 0.25) is 0 Å². The van der Waals surface area contributed by atoms with Gasteiger partial charge in [0.15, 0.2) is 5.03 Å². The predicted molar refractivity (Wildman–Crippen MR) is 130 cm³/mol. The number of fused-ring (bicyclic) bond motifs is 1. The minimum absolute atomic E-state index is 0.0000890. The molecule has 12 heteroatoms. The second-order valence-corrected chi connectivity index (χ2v) is 10.8. The molecule has 11 nitrogen and oxygen atoms in total. The normalized spacial score (nSPS) is 22.5. The molecular weight excluding hydrogens is 474 g/mol. The second-order valence-electron chi connectivity index (χ2n) is 8.94. The van der Waals surface area contributed by atoms with Gasteiger partial charge >= 0.3 is 0 Å². The molecule has 2 heterocycles. The van der Waals surface area contributed by atoms with Crippen molar-refractivity contribution in [2.45, 2.75) is 37.9 Å². The van der Waals surface area contributed by atoms with Crippen LogP contribution >= 0.6 is 0 Å². The number of nitrogens with one attached hydrogen (secondary N) is 1. The van der Waals surface area contributed by atoms with Crippen molar-refractivity contribution in [2.75, 3.05) is 39.2 Å². The molecule has 0 spiro atoms. The van der Waals surface area contributed by atoms with Crippen LogP contribution in [0.1, 0.15) is 31.1 Å². The largest absolute Gasteiger partial charge is 0.491 e. The highest BCUT2D eigenvalue weighted by Gasteiger charge is 2.35. The molecule has 1 aliphatic rings. The first-order valence-electron chi connectivity index (χ1n) is 11.3. The Labute approximate surface area is 206 Å². The van der Waals surface area contributed by atoms with Crippen molar-refractivity contribution in [3.8, 4) is 5.75 Å². The van der Waals surface area contributed by atoms with Crippen molar-refractivity contribution in [3.63, 3.8) is 0 Å². The number of sulfonamides is 1. The lowest BCUT2D eigenvalue weighted by molar-refractivity contribution is -0.114. The van der Waals surface area contributed by atoms with Crippen LogP contribution in [0.5, 0.6) is 5.75 Å². The molecule has 0 saturated carbocycles. The minimum atomic E-state index is -3.93. The van der Waals surface area contributed by atoms with E-state index in [1.165, 1.54) is 35.8 Å². The maximum atomic E-state index is 13.5. The zero-order valence-corrected chi connectivity index (χ0v) is 21.7. The Morgan fingerprint density at radius 1 is 1.23 bits per heavy atom. The standard InChI is InChI=1S/C23H33N5O6S/c1-15-10-28(35(31,32)22-12-26(4)14-24-22)16(2)13-34-20-8-7-18(25-17(3)29)9-19(20)23(30)27(5)11-21(15)33-6/h7-9,12,14-16,21H,10-11,13H2,1-6H3,(H,25,29)/t15-,16+,21+/m1/s1. The van der Waals surface area contributed by atoms with Crippen molar-refractivity contribution >= 4 is 27.5 Å². The highest BCUT2D eigenvalue weighted by atomic mass is 32.2. The lowest BCUT2D eigenvalue weighted by atomic mass is 10.0. The summed E-state index contributed by atoms with van der Waals surface area (Å²) in [4.78, 5) is 30.4. The Bertz CT molecular complexity index is 1180. The minimum Gasteiger partial charge on any atom is -0.491 e. The molecule has 1 aromatic heterocycles. The van der Waals surface area contributed by atoms with Crippen LogP contribution in [0.25, 0.3) is 0 Å². The smallest absolute Gasteiger partial charge is 0.262 e. The number of rotatable bonds is 4. The van der Waals surface area contributed by atoms with Gasteiger partial charge in [-0.2, -0.15) is 4.31 Å². The number of aromatic nitrogens is 2. The SMILES string of the molecule is CO[C@H]1CN(C)C(=O)c2cc(NC(C)=O)ccc2OC[C@H](C)N(S(=O)(=O)c2cn(C)cn2)C[C@H]1C. The van der Waals surface area contributed by atoms with E-state index < -0.39 is 22.2 Å². The van der Waals surface area contributed by atoms with E-state index in [4.69, 9.17) is 9.47 Å². The van der Waals surface area contributed by atoms with Crippen LogP contribution in [0.15, 0.2) is 35.7 Å². The number of anilines is 1. The van der Waals surface area contributed by atoms with E-state index >= 15 is 0 Å². The van der Waals surface area contributed by atoms with Crippen LogP contribution in [0, 0.1) is 5.92 Å². The van der Waals surface area contributed by atoms with Crippen molar-refractivity contribution in [2.24, 2.45) is 13.0 Å². The molecule has 1 aromatic carbocycles. The van der Waals surface area contributed by atoms with E-state index in [1.807, 2.05) is 6.92 Å². The van der Waals surface area contributed by atoms with Crippen LogP contribution < -0.4 is 10.1 Å². The summed E-state index contributed by atoms with van der Waals surface area (Å²) in [5.41, 5.74) is 0.714. The average molecular weight is 508 g/mol. The van der Waals surface area contributed by atoms with Gasteiger partial charge in [-0.25, -0.2) is 13.4 Å². The third-order valence-corrected chi connectivity index (χ3v) is 7.83. The fourth-order valence-electron chi connectivity index (χ4n) is 4.00. The monoisotopic (exact) mass is 507 g/mol. The van der Waals surface area contributed by atoms with Crippen LogP contribution in [-0.4, -0.2) is 85.0 Å². The Hall–Kier alpha value is -2.96. The van der Waals surface area contributed by atoms with E-state index in [1.54, 1.807) is 43.8 Å². The van der Waals surface area contributed by atoms with Crippen molar-refractivity contribution in [1.29, 1.82) is 0 Å². The molecule has 0 aliphatic carbocycles. The number of benzene rings is 1. The highest BCUT2D eigenvalue weighted by molar-refractivity contribution is 7.89. The number of nitrogens with zero attached hydrogens (tertiary/aromatic N) is 4. The fraction of sp³-hybridized carbons (Fsp3) is 0.522. The Morgan fingerprint density at radius 3 is 2.54 bits per heavy atom. The third-order valence-electron chi connectivity index (χ3n) is 5.96. The first-order valence-corrected chi connectivity index (χ1v) is 12.7. The molecule has 1 N–H and O–H groups in total. The van der Waals surface area contributed by atoms with Crippen LogP contribution in [-0.2, 0) is 26.6 Å². The quantitative estimate of drug-likeness (QED) is 0.666. The molecule has 3 rings (SSSR count). The molecule has 0 bridgehead atoms. The molecule has 35 heavy (non-hydrogen) atoms. The number of carbonyl (C=O) groups is 2. The molecule has 0 radical (unpaired) electrons. The maximum Gasteiger partial charge on any atom is 0.262 e. The number of hydrogen-bond acceptors (Lipinski definition) is 7. The van der Waals surface area contributed by atoms with E-state index in [2.05, 4.69) is 10.3 Å². The highest BCUT2D eigenvalue weighted by Crippen LogP contribution is 2.27. The summed E-state index contributed by atoms with van der Waals surface area (Å²) < 4.78 is 41.7. The molecule has 2 aromatic rings. The van der Waals surface area contributed by atoms with Gasteiger partial charge < -0.3 is 24.3 Å². The maximum absolute atomic E-state index is 13.5. The van der Waals surface area contributed by atoms with Crippen LogP contribution in [0.3, 0.4) is 0 Å². The van der Waals surface area contributed by atoms with Crippen molar-refractivity contribution in [1.82, 2.24) is 18.8 Å². The van der Waals surface area contributed by atoms with Crippen molar-refractivity contribution < 1.29 is 27.5 Å². The number of likely N-dealkylation sites (N-methyl/N-ethyl adjacent to an activating group) is 1. The molecule has 0 unspecified atom stereocenters. The summed E-state index contributed by atoms with van der Waals surface area (Å²) in [5, 5.41) is 2.62. The number of methoxy groups -OCH3 is 1. The lowest BCUT2D eigenvalue weighted by Crippen LogP contribution is -2.48. The van der Waals surface area contributed by atoms with Gasteiger partial charge in [-0.1, -0.05) is 6.92 Å². The number of hydrogen-bond donors (Lipinski definition) is 1. The van der Waals surface area contributed by atoms with Gasteiger partial charge in [0.1, 0.15) is 12.4 Å². The Balaban J connectivity index is 2.04. The number of imidazole rings is 1. The molecule has 0 fully saturated rings.